The summed E-state index contributed by atoms with van der Waals surface area (Å²) in [6.07, 6.45) is 2.04. The molecular weight excluding hydrogens is 274 g/mol. The normalized spacial score (nSPS) is 15.2. The molecule has 0 saturated heterocycles. The van der Waals surface area contributed by atoms with Gasteiger partial charge in [0.1, 0.15) is 5.75 Å². The fourth-order valence-corrected chi connectivity index (χ4v) is 2.23. The number of carbonyl (C=O) groups is 1. The highest BCUT2D eigenvalue weighted by Crippen LogP contribution is 2.13. The van der Waals surface area contributed by atoms with Crippen LogP contribution in [0.1, 0.15) is 20.3 Å². The quantitative estimate of drug-likeness (QED) is 0.771. The molecule has 2 atom stereocenters. The minimum atomic E-state index is -0.884. The number of rotatable bonds is 8. The second kappa shape index (κ2) is 8.17. The molecule has 0 aromatic heterocycles. The smallest absolute Gasteiger partial charge is 0.260 e. The molecule has 0 fully saturated rings. The Bertz CT molecular complexity index is 409. The maximum atomic E-state index is 11.9. The zero-order valence-electron chi connectivity index (χ0n) is 12.3. The van der Waals surface area contributed by atoms with Crippen LogP contribution in [-0.2, 0) is 4.79 Å². The number of carbonyl (C=O) groups excluding carboxylic acids is 1. The van der Waals surface area contributed by atoms with Gasteiger partial charge in [0.25, 0.3) is 5.91 Å². The number of thioether (sulfide) groups is 1. The van der Waals surface area contributed by atoms with E-state index in [-0.39, 0.29) is 12.5 Å². The third-order valence-corrected chi connectivity index (χ3v) is 3.53. The second-order valence-electron chi connectivity index (χ2n) is 5.03. The highest BCUT2D eigenvalue weighted by Gasteiger charge is 2.22. The predicted octanol–water partition coefficient (Wildman–Crippen LogP) is 2.07. The fraction of sp³-hybridized carbons (Fsp3) is 0.533. The van der Waals surface area contributed by atoms with Gasteiger partial charge in [-0.3, -0.25) is 4.79 Å². The van der Waals surface area contributed by atoms with E-state index in [1.54, 1.807) is 37.7 Å². The topological polar surface area (TPSA) is 58.6 Å². The largest absolute Gasteiger partial charge is 0.481 e. The van der Waals surface area contributed by atoms with Crippen LogP contribution in [0.4, 0.5) is 0 Å². The molecule has 1 rings (SSSR count). The van der Waals surface area contributed by atoms with Crippen molar-refractivity contribution in [3.8, 4) is 5.75 Å². The number of para-hydroxylation sites is 1. The van der Waals surface area contributed by atoms with E-state index in [0.717, 1.165) is 5.75 Å². The van der Waals surface area contributed by atoms with E-state index in [1.165, 1.54) is 0 Å². The molecule has 1 aromatic carbocycles. The number of hydrogen-bond acceptors (Lipinski definition) is 4. The molecule has 0 saturated carbocycles. The van der Waals surface area contributed by atoms with Gasteiger partial charge in [0.2, 0.25) is 0 Å². The lowest BCUT2D eigenvalue weighted by Gasteiger charge is -2.24. The molecule has 1 aromatic rings. The molecule has 112 valence electrons. The summed E-state index contributed by atoms with van der Waals surface area (Å²) in [4.78, 5) is 11.9. The first-order chi connectivity index (χ1) is 9.44. The first kappa shape index (κ1) is 16.9. The van der Waals surface area contributed by atoms with Crippen LogP contribution in [0.15, 0.2) is 30.3 Å². The van der Waals surface area contributed by atoms with Crippen molar-refractivity contribution < 1.29 is 14.6 Å². The van der Waals surface area contributed by atoms with E-state index in [2.05, 4.69) is 5.32 Å². The lowest BCUT2D eigenvalue weighted by molar-refractivity contribution is -0.128. The van der Waals surface area contributed by atoms with E-state index in [4.69, 9.17) is 4.74 Å². The van der Waals surface area contributed by atoms with Gasteiger partial charge in [0.15, 0.2) is 6.10 Å². The summed E-state index contributed by atoms with van der Waals surface area (Å²) in [5.74, 6) is 1.29. The standard InChI is InChI=1S/C15H23NO3S/c1-12(19-13-7-5-4-6-8-13)14(17)16-11-15(2,18)9-10-20-3/h4-8,12,18H,9-11H2,1-3H3,(H,16,17)/t12-,15-/m1/s1. The van der Waals surface area contributed by atoms with Gasteiger partial charge in [-0.1, -0.05) is 18.2 Å². The van der Waals surface area contributed by atoms with E-state index in [1.807, 2.05) is 24.5 Å². The van der Waals surface area contributed by atoms with Gasteiger partial charge in [-0.05, 0) is 44.4 Å². The second-order valence-corrected chi connectivity index (χ2v) is 6.02. The number of hydrogen-bond donors (Lipinski definition) is 2. The molecular formula is C15H23NO3S. The van der Waals surface area contributed by atoms with E-state index < -0.39 is 11.7 Å². The average molecular weight is 297 g/mol. The highest BCUT2D eigenvalue weighted by molar-refractivity contribution is 7.98. The van der Waals surface area contributed by atoms with Crippen molar-refractivity contribution in [1.29, 1.82) is 0 Å². The summed E-state index contributed by atoms with van der Waals surface area (Å²) in [6.45, 7) is 3.65. The Balaban J connectivity index is 2.38. The van der Waals surface area contributed by atoms with E-state index in [0.29, 0.717) is 12.2 Å². The summed E-state index contributed by atoms with van der Waals surface area (Å²) in [5.41, 5.74) is -0.884. The van der Waals surface area contributed by atoms with Crippen LogP contribution in [0.3, 0.4) is 0 Å². The Kier molecular flexibility index (Phi) is 6.88. The van der Waals surface area contributed by atoms with Crippen molar-refractivity contribution >= 4 is 17.7 Å². The number of benzene rings is 1. The summed E-state index contributed by atoms with van der Waals surface area (Å²) < 4.78 is 5.52. The maximum Gasteiger partial charge on any atom is 0.260 e. The van der Waals surface area contributed by atoms with Gasteiger partial charge in [0.05, 0.1) is 5.60 Å². The number of ether oxygens (including phenoxy) is 1. The third kappa shape index (κ3) is 6.30. The van der Waals surface area contributed by atoms with Crippen molar-refractivity contribution in [3.63, 3.8) is 0 Å². The lowest BCUT2D eigenvalue weighted by atomic mass is 10.0. The van der Waals surface area contributed by atoms with E-state index in [9.17, 15) is 9.90 Å². The number of amides is 1. The van der Waals surface area contributed by atoms with Crippen molar-refractivity contribution in [2.24, 2.45) is 0 Å². The first-order valence-electron chi connectivity index (χ1n) is 6.65. The van der Waals surface area contributed by atoms with Gasteiger partial charge in [0, 0.05) is 6.54 Å². The molecule has 0 aliphatic carbocycles. The molecule has 5 heteroatoms. The molecule has 2 N–H and O–H groups in total. The Labute approximate surface area is 124 Å². The highest BCUT2D eigenvalue weighted by atomic mass is 32.2. The summed E-state index contributed by atoms with van der Waals surface area (Å²) in [7, 11) is 0. The van der Waals surface area contributed by atoms with Crippen LogP contribution in [0, 0.1) is 0 Å². The van der Waals surface area contributed by atoms with Gasteiger partial charge in [-0.25, -0.2) is 0 Å². The molecule has 0 unspecified atom stereocenters. The predicted molar refractivity (Wildman–Crippen MR) is 83.2 cm³/mol. The van der Waals surface area contributed by atoms with Gasteiger partial charge in [-0.2, -0.15) is 11.8 Å². The van der Waals surface area contributed by atoms with E-state index >= 15 is 0 Å². The molecule has 4 nitrogen and oxygen atoms in total. The minimum Gasteiger partial charge on any atom is -0.481 e. The van der Waals surface area contributed by atoms with Crippen molar-refractivity contribution in [3.05, 3.63) is 30.3 Å². The summed E-state index contributed by atoms with van der Waals surface area (Å²) >= 11 is 1.67. The average Bonchev–Trinajstić information content (AvgIpc) is 2.44. The summed E-state index contributed by atoms with van der Waals surface area (Å²) in [5, 5.41) is 12.8. The van der Waals surface area contributed by atoms with Crippen LogP contribution >= 0.6 is 11.8 Å². The first-order valence-corrected chi connectivity index (χ1v) is 8.05. The number of nitrogens with one attached hydrogen (secondary N) is 1. The molecule has 0 spiro atoms. The Morgan fingerprint density at radius 1 is 1.45 bits per heavy atom. The molecule has 0 heterocycles. The third-order valence-electron chi connectivity index (χ3n) is 2.91. The van der Waals surface area contributed by atoms with Crippen LogP contribution in [0.5, 0.6) is 5.75 Å². The Morgan fingerprint density at radius 2 is 2.10 bits per heavy atom. The van der Waals surface area contributed by atoms with Crippen LogP contribution in [-0.4, -0.2) is 41.3 Å². The molecule has 0 bridgehead atoms. The SMILES string of the molecule is CSCC[C@@](C)(O)CNC(=O)[C@@H](C)Oc1ccccc1. The molecule has 0 radical (unpaired) electrons. The Morgan fingerprint density at radius 3 is 2.70 bits per heavy atom. The lowest BCUT2D eigenvalue weighted by Crippen LogP contribution is -2.45. The van der Waals surface area contributed by atoms with Crippen molar-refractivity contribution in [2.75, 3.05) is 18.6 Å². The van der Waals surface area contributed by atoms with Gasteiger partial charge >= 0.3 is 0 Å². The van der Waals surface area contributed by atoms with Crippen LogP contribution in [0.2, 0.25) is 0 Å². The van der Waals surface area contributed by atoms with Gasteiger partial charge < -0.3 is 15.2 Å². The zero-order valence-corrected chi connectivity index (χ0v) is 13.1. The zero-order chi connectivity index (χ0) is 15.0. The molecule has 0 aliphatic rings. The van der Waals surface area contributed by atoms with Crippen molar-refractivity contribution in [2.45, 2.75) is 32.0 Å². The fourth-order valence-electron chi connectivity index (χ4n) is 1.59. The van der Waals surface area contributed by atoms with Crippen LogP contribution in [0.25, 0.3) is 0 Å². The van der Waals surface area contributed by atoms with Gasteiger partial charge in [-0.15, -0.1) is 0 Å². The van der Waals surface area contributed by atoms with Crippen LogP contribution < -0.4 is 10.1 Å². The monoisotopic (exact) mass is 297 g/mol. The summed E-state index contributed by atoms with van der Waals surface area (Å²) in [6, 6.07) is 9.21. The van der Waals surface area contributed by atoms with Crippen molar-refractivity contribution in [1.82, 2.24) is 5.32 Å². The molecule has 1 amide bonds. The molecule has 20 heavy (non-hydrogen) atoms. The maximum absolute atomic E-state index is 11.9. The number of aliphatic hydroxyl groups is 1. The molecule has 0 aliphatic heterocycles. The Hall–Kier alpha value is -1.20. The minimum absolute atomic E-state index is 0.224.